The van der Waals surface area contributed by atoms with Gasteiger partial charge in [0.2, 0.25) is 0 Å². The summed E-state index contributed by atoms with van der Waals surface area (Å²) in [5.41, 5.74) is 0. The van der Waals surface area contributed by atoms with E-state index in [1.807, 2.05) is 6.92 Å². The molecule has 2 heteroatoms. The van der Waals surface area contributed by atoms with E-state index < -0.39 is 0 Å². The predicted molar refractivity (Wildman–Crippen MR) is 39.7 cm³/mol. The van der Waals surface area contributed by atoms with Crippen LogP contribution in [-0.2, 0) is 0 Å². The summed E-state index contributed by atoms with van der Waals surface area (Å²) in [6, 6.07) is 1.13. The minimum absolute atomic E-state index is 0.157. The van der Waals surface area contributed by atoms with Gasteiger partial charge in [0.1, 0.15) is 0 Å². The first-order chi connectivity index (χ1) is 4.77. The van der Waals surface area contributed by atoms with Crippen LogP contribution in [0.1, 0.15) is 26.2 Å². The van der Waals surface area contributed by atoms with Crippen LogP contribution in [-0.4, -0.2) is 23.3 Å². The van der Waals surface area contributed by atoms with Gasteiger partial charge in [-0.3, -0.25) is 0 Å². The minimum atomic E-state index is -0.157. The van der Waals surface area contributed by atoms with Crippen LogP contribution in [0.25, 0.3) is 0 Å². The number of hydrogen-bond acceptors (Lipinski definition) is 2. The molecule has 0 aromatic rings. The smallest absolute Gasteiger partial charge is 0.0667 e. The lowest BCUT2D eigenvalue weighted by Crippen LogP contribution is -2.42. The number of rotatable bonds is 1. The average Bonchev–Trinajstić information content (AvgIpc) is 2.44. The third-order valence-electron chi connectivity index (χ3n) is 2.93. The molecule has 2 rings (SSSR count). The SMILES string of the molecule is CC(O)[C@@H]1N[C@H]2CC[C@@H]1C2. The molecule has 2 bridgehead atoms. The van der Waals surface area contributed by atoms with Crippen LogP contribution in [0.5, 0.6) is 0 Å². The zero-order valence-corrected chi connectivity index (χ0v) is 6.38. The van der Waals surface area contributed by atoms with Crippen LogP contribution in [0.3, 0.4) is 0 Å². The maximum Gasteiger partial charge on any atom is 0.0667 e. The molecule has 10 heavy (non-hydrogen) atoms. The Labute approximate surface area is 61.6 Å². The molecule has 2 aliphatic rings. The Hall–Kier alpha value is -0.0800. The summed E-state index contributed by atoms with van der Waals surface area (Å²) in [6.07, 6.45) is 3.80. The van der Waals surface area contributed by atoms with E-state index in [0.717, 1.165) is 12.0 Å². The van der Waals surface area contributed by atoms with E-state index in [-0.39, 0.29) is 6.10 Å². The van der Waals surface area contributed by atoms with E-state index in [4.69, 9.17) is 0 Å². The van der Waals surface area contributed by atoms with E-state index >= 15 is 0 Å². The van der Waals surface area contributed by atoms with Crippen molar-refractivity contribution in [2.24, 2.45) is 5.92 Å². The van der Waals surface area contributed by atoms with Crippen molar-refractivity contribution < 1.29 is 5.11 Å². The summed E-state index contributed by atoms with van der Waals surface area (Å²) >= 11 is 0. The molecule has 1 saturated carbocycles. The van der Waals surface area contributed by atoms with Crippen molar-refractivity contribution in [1.82, 2.24) is 5.32 Å². The van der Waals surface area contributed by atoms with Crippen molar-refractivity contribution in [2.75, 3.05) is 0 Å². The fourth-order valence-corrected chi connectivity index (χ4v) is 2.44. The molecule has 2 nitrogen and oxygen atoms in total. The van der Waals surface area contributed by atoms with Crippen LogP contribution < -0.4 is 5.32 Å². The molecule has 1 aliphatic carbocycles. The van der Waals surface area contributed by atoms with Gasteiger partial charge in [-0.05, 0) is 32.1 Å². The summed E-state index contributed by atoms with van der Waals surface area (Å²) in [7, 11) is 0. The molecular weight excluding hydrogens is 126 g/mol. The number of fused-ring (bicyclic) bond motifs is 2. The lowest BCUT2D eigenvalue weighted by Gasteiger charge is -2.25. The molecule has 1 aliphatic heterocycles. The quantitative estimate of drug-likeness (QED) is 0.557. The van der Waals surface area contributed by atoms with Crippen molar-refractivity contribution in [3.8, 4) is 0 Å². The first-order valence-electron chi connectivity index (χ1n) is 4.21. The van der Waals surface area contributed by atoms with Crippen LogP contribution >= 0.6 is 0 Å². The topological polar surface area (TPSA) is 32.3 Å². The predicted octanol–water partition coefficient (Wildman–Crippen LogP) is 0.508. The Morgan fingerprint density at radius 3 is 2.60 bits per heavy atom. The summed E-state index contributed by atoms with van der Waals surface area (Å²) in [5, 5.41) is 12.8. The van der Waals surface area contributed by atoms with Crippen LogP contribution in [0.15, 0.2) is 0 Å². The van der Waals surface area contributed by atoms with Gasteiger partial charge >= 0.3 is 0 Å². The normalized spacial score (nSPS) is 48.0. The van der Waals surface area contributed by atoms with E-state index in [1.165, 1.54) is 19.3 Å². The first kappa shape index (κ1) is 6.62. The second-order valence-electron chi connectivity index (χ2n) is 3.70. The van der Waals surface area contributed by atoms with E-state index in [2.05, 4.69) is 5.32 Å². The molecule has 2 fully saturated rings. The number of aliphatic hydroxyl groups is 1. The molecule has 0 amide bonds. The molecule has 1 heterocycles. The number of piperidine rings is 1. The van der Waals surface area contributed by atoms with Crippen molar-refractivity contribution in [1.29, 1.82) is 0 Å². The molecular formula is C8H15NO. The Morgan fingerprint density at radius 1 is 1.50 bits per heavy atom. The number of hydrogen-bond donors (Lipinski definition) is 2. The molecule has 1 saturated heterocycles. The zero-order chi connectivity index (χ0) is 7.14. The molecule has 0 radical (unpaired) electrons. The Balaban J connectivity index is 2.02. The third-order valence-corrected chi connectivity index (χ3v) is 2.93. The van der Waals surface area contributed by atoms with Crippen LogP contribution in [0.2, 0.25) is 0 Å². The van der Waals surface area contributed by atoms with Gasteiger partial charge in [0.25, 0.3) is 0 Å². The molecule has 0 spiro atoms. The monoisotopic (exact) mass is 141 g/mol. The van der Waals surface area contributed by atoms with Gasteiger partial charge < -0.3 is 10.4 Å². The van der Waals surface area contributed by atoms with Gasteiger partial charge in [0.15, 0.2) is 0 Å². The lowest BCUT2D eigenvalue weighted by molar-refractivity contribution is 0.122. The molecule has 58 valence electrons. The van der Waals surface area contributed by atoms with Gasteiger partial charge in [-0.25, -0.2) is 0 Å². The van der Waals surface area contributed by atoms with Crippen molar-refractivity contribution in [2.45, 2.75) is 44.4 Å². The first-order valence-corrected chi connectivity index (χ1v) is 4.21. The second-order valence-corrected chi connectivity index (χ2v) is 3.70. The summed E-state index contributed by atoms with van der Waals surface area (Å²) in [6.45, 7) is 1.89. The van der Waals surface area contributed by atoms with Gasteiger partial charge in [-0.2, -0.15) is 0 Å². The van der Waals surface area contributed by atoms with E-state index in [9.17, 15) is 5.11 Å². The summed E-state index contributed by atoms with van der Waals surface area (Å²) in [4.78, 5) is 0. The lowest BCUT2D eigenvalue weighted by atomic mass is 9.96. The van der Waals surface area contributed by atoms with Crippen LogP contribution in [0, 0.1) is 5.92 Å². The zero-order valence-electron chi connectivity index (χ0n) is 6.38. The molecule has 1 unspecified atom stereocenters. The fraction of sp³-hybridized carbons (Fsp3) is 1.00. The van der Waals surface area contributed by atoms with Crippen LogP contribution in [0.4, 0.5) is 0 Å². The molecule has 2 N–H and O–H groups in total. The minimum Gasteiger partial charge on any atom is -0.392 e. The second kappa shape index (κ2) is 2.21. The number of aliphatic hydroxyl groups excluding tert-OH is 1. The van der Waals surface area contributed by atoms with Crippen molar-refractivity contribution >= 4 is 0 Å². The van der Waals surface area contributed by atoms with Gasteiger partial charge in [0.05, 0.1) is 6.10 Å². The molecule has 0 aromatic carbocycles. The maximum absolute atomic E-state index is 9.31. The number of nitrogens with one attached hydrogen (secondary N) is 1. The van der Waals surface area contributed by atoms with Gasteiger partial charge in [-0.15, -0.1) is 0 Å². The van der Waals surface area contributed by atoms with Crippen molar-refractivity contribution in [3.05, 3.63) is 0 Å². The average molecular weight is 141 g/mol. The van der Waals surface area contributed by atoms with Gasteiger partial charge in [-0.1, -0.05) is 0 Å². The standard InChI is InChI=1S/C8H15NO/c1-5(10)8-6-2-3-7(4-6)9-8/h5-10H,2-4H2,1H3/t5?,6-,7+,8+/m1/s1. The Kier molecular flexibility index (Phi) is 1.46. The largest absolute Gasteiger partial charge is 0.392 e. The van der Waals surface area contributed by atoms with Crippen molar-refractivity contribution in [3.63, 3.8) is 0 Å². The van der Waals surface area contributed by atoms with E-state index in [0.29, 0.717) is 6.04 Å². The summed E-state index contributed by atoms with van der Waals surface area (Å²) < 4.78 is 0. The molecule has 4 atom stereocenters. The Bertz CT molecular complexity index is 135. The Morgan fingerprint density at radius 2 is 2.30 bits per heavy atom. The van der Waals surface area contributed by atoms with E-state index in [1.54, 1.807) is 0 Å². The fourth-order valence-electron chi connectivity index (χ4n) is 2.44. The highest BCUT2D eigenvalue weighted by atomic mass is 16.3. The highest BCUT2D eigenvalue weighted by Gasteiger charge is 2.40. The maximum atomic E-state index is 9.31. The summed E-state index contributed by atoms with van der Waals surface area (Å²) in [5.74, 6) is 0.769. The third kappa shape index (κ3) is 0.867. The molecule has 0 aromatic heterocycles. The highest BCUT2D eigenvalue weighted by Crippen LogP contribution is 2.36. The highest BCUT2D eigenvalue weighted by molar-refractivity contribution is 4.98. The van der Waals surface area contributed by atoms with Gasteiger partial charge in [0, 0.05) is 12.1 Å².